The Morgan fingerprint density at radius 2 is 2.11 bits per heavy atom. The van der Waals surface area contributed by atoms with Crippen molar-refractivity contribution in [2.24, 2.45) is 4.99 Å². The van der Waals surface area contributed by atoms with Crippen LogP contribution in [0, 0.1) is 0 Å². The van der Waals surface area contributed by atoms with Crippen molar-refractivity contribution in [3.63, 3.8) is 0 Å². The summed E-state index contributed by atoms with van der Waals surface area (Å²) in [6.45, 7) is 5.97. The van der Waals surface area contributed by atoms with Gasteiger partial charge in [-0.15, -0.1) is 0 Å². The molecule has 1 saturated heterocycles. The number of ether oxygens (including phenoxy) is 1. The molecule has 0 unspecified atom stereocenters. The van der Waals surface area contributed by atoms with E-state index in [0.29, 0.717) is 11.6 Å². The Hall–Kier alpha value is -0.220. The summed E-state index contributed by atoms with van der Waals surface area (Å²) in [5.74, 6) is 1.22. The number of hydrogen-bond donors (Lipinski definition) is 1. The molecule has 1 heterocycles. The molecule has 1 saturated carbocycles. The van der Waals surface area contributed by atoms with Crippen LogP contribution in [-0.2, 0) is 4.74 Å². The van der Waals surface area contributed by atoms with E-state index < -0.39 is 0 Å². The Bertz CT molecular complexity index is 286. The highest BCUT2D eigenvalue weighted by atomic mass is 32.2. The van der Waals surface area contributed by atoms with Crippen LogP contribution in [0.2, 0.25) is 0 Å². The van der Waals surface area contributed by atoms with E-state index in [1.54, 1.807) is 0 Å². The fourth-order valence-corrected chi connectivity index (χ4v) is 3.87. The Balaban J connectivity index is 1.60. The number of nitrogens with one attached hydrogen (secondary N) is 1. The van der Waals surface area contributed by atoms with E-state index in [-0.39, 0.29) is 0 Å². The van der Waals surface area contributed by atoms with E-state index in [0.717, 1.165) is 26.0 Å². The van der Waals surface area contributed by atoms with Gasteiger partial charge in [-0.1, -0.05) is 24.6 Å². The van der Waals surface area contributed by atoms with Gasteiger partial charge in [-0.25, -0.2) is 0 Å². The summed E-state index contributed by atoms with van der Waals surface area (Å²) in [4.78, 5) is 4.67. The van der Waals surface area contributed by atoms with Crippen molar-refractivity contribution >= 4 is 16.9 Å². The zero-order valence-electron chi connectivity index (χ0n) is 11.7. The van der Waals surface area contributed by atoms with E-state index in [1.165, 1.54) is 36.6 Å². The summed E-state index contributed by atoms with van der Waals surface area (Å²) < 4.78 is 5.52. The van der Waals surface area contributed by atoms with Crippen LogP contribution >= 0.6 is 11.8 Å². The molecular weight excluding hydrogens is 244 g/mol. The van der Waals surface area contributed by atoms with Gasteiger partial charge in [0.1, 0.15) is 0 Å². The van der Waals surface area contributed by atoms with Crippen LogP contribution in [0.15, 0.2) is 4.99 Å². The molecule has 0 radical (unpaired) electrons. The third-order valence-electron chi connectivity index (χ3n) is 3.68. The zero-order valence-corrected chi connectivity index (χ0v) is 12.5. The number of thioether (sulfide) groups is 1. The molecule has 1 aliphatic heterocycles. The number of unbranched alkanes of at least 4 members (excludes halogenated alkanes) is 1. The van der Waals surface area contributed by atoms with Crippen LogP contribution in [0.25, 0.3) is 0 Å². The summed E-state index contributed by atoms with van der Waals surface area (Å²) >= 11 is 1.91. The third-order valence-corrected chi connectivity index (χ3v) is 4.88. The van der Waals surface area contributed by atoms with Gasteiger partial charge in [0.05, 0.1) is 6.10 Å². The van der Waals surface area contributed by atoms with Crippen molar-refractivity contribution in [3.05, 3.63) is 0 Å². The van der Waals surface area contributed by atoms with Gasteiger partial charge in [0, 0.05) is 24.4 Å². The first kappa shape index (κ1) is 14.2. The molecule has 2 rings (SSSR count). The van der Waals surface area contributed by atoms with Crippen LogP contribution in [-0.4, -0.2) is 35.7 Å². The molecule has 0 aromatic rings. The maximum atomic E-state index is 5.52. The molecule has 0 aromatic carbocycles. The largest absolute Gasteiger partial charge is 0.379 e. The molecule has 0 atom stereocenters. The molecule has 0 bridgehead atoms. The molecule has 0 amide bonds. The van der Waals surface area contributed by atoms with E-state index >= 15 is 0 Å². The Morgan fingerprint density at radius 3 is 2.83 bits per heavy atom. The van der Waals surface area contributed by atoms with Crippen LogP contribution in [0.5, 0.6) is 0 Å². The Labute approximate surface area is 115 Å². The van der Waals surface area contributed by atoms with Gasteiger partial charge in [-0.05, 0) is 39.5 Å². The van der Waals surface area contributed by atoms with Gasteiger partial charge in [0.2, 0.25) is 0 Å². The Morgan fingerprint density at radius 1 is 1.33 bits per heavy atom. The summed E-state index contributed by atoms with van der Waals surface area (Å²) in [5.41, 5.74) is 0.407. The van der Waals surface area contributed by atoms with Crippen LogP contribution in [0.4, 0.5) is 0 Å². The molecule has 18 heavy (non-hydrogen) atoms. The van der Waals surface area contributed by atoms with Gasteiger partial charge in [-0.2, -0.15) is 0 Å². The highest BCUT2D eigenvalue weighted by molar-refractivity contribution is 8.14. The lowest BCUT2D eigenvalue weighted by Crippen LogP contribution is -2.40. The SMILES string of the molecule is CC(C)OCCCCN=C1NC2(CCCC2)CS1. The van der Waals surface area contributed by atoms with Gasteiger partial charge < -0.3 is 10.1 Å². The first-order chi connectivity index (χ1) is 8.70. The van der Waals surface area contributed by atoms with Crippen molar-refractivity contribution < 1.29 is 4.74 Å². The molecule has 1 spiro atoms. The van der Waals surface area contributed by atoms with Crippen molar-refractivity contribution in [2.75, 3.05) is 18.9 Å². The molecule has 4 heteroatoms. The fraction of sp³-hybridized carbons (Fsp3) is 0.929. The smallest absolute Gasteiger partial charge is 0.157 e. The molecule has 104 valence electrons. The van der Waals surface area contributed by atoms with E-state index in [2.05, 4.69) is 24.2 Å². The average Bonchev–Trinajstić information content (AvgIpc) is 2.95. The molecule has 0 aromatic heterocycles. The summed E-state index contributed by atoms with van der Waals surface area (Å²) in [7, 11) is 0. The highest BCUT2D eigenvalue weighted by Gasteiger charge is 2.39. The number of rotatable bonds is 6. The van der Waals surface area contributed by atoms with Crippen molar-refractivity contribution in [1.82, 2.24) is 5.32 Å². The summed E-state index contributed by atoms with van der Waals surface area (Å²) in [5, 5.41) is 4.84. The van der Waals surface area contributed by atoms with Gasteiger partial charge in [0.25, 0.3) is 0 Å². The van der Waals surface area contributed by atoms with E-state index in [4.69, 9.17) is 4.74 Å². The lowest BCUT2D eigenvalue weighted by atomic mass is 10.0. The quantitative estimate of drug-likeness (QED) is 0.753. The zero-order chi connectivity index (χ0) is 12.8. The van der Waals surface area contributed by atoms with Crippen LogP contribution in [0.1, 0.15) is 52.4 Å². The van der Waals surface area contributed by atoms with Gasteiger partial charge in [-0.3, -0.25) is 4.99 Å². The average molecular weight is 270 g/mol. The molecular formula is C14H26N2OS. The minimum Gasteiger partial charge on any atom is -0.379 e. The second-order valence-corrected chi connectivity index (χ2v) is 6.68. The van der Waals surface area contributed by atoms with Gasteiger partial charge >= 0.3 is 0 Å². The molecule has 1 aliphatic carbocycles. The van der Waals surface area contributed by atoms with Gasteiger partial charge in [0.15, 0.2) is 5.17 Å². The first-order valence-electron chi connectivity index (χ1n) is 7.27. The molecule has 2 aliphatic rings. The molecule has 1 N–H and O–H groups in total. The minimum atomic E-state index is 0.352. The standard InChI is InChI=1S/C14H26N2OS/c1-12(2)17-10-6-5-9-15-13-16-14(11-18-13)7-3-4-8-14/h12H,3-11H2,1-2H3,(H,15,16). The van der Waals surface area contributed by atoms with Crippen molar-refractivity contribution in [3.8, 4) is 0 Å². The first-order valence-corrected chi connectivity index (χ1v) is 8.26. The monoisotopic (exact) mass is 270 g/mol. The predicted octanol–water partition coefficient (Wildman–Crippen LogP) is 3.20. The lowest BCUT2D eigenvalue weighted by Gasteiger charge is -2.21. The predicted molar refractivity (Wildman–Crippen MR) is 79.4 cm³/mol. The van der Waals surface area contributed by atoms with E-state index in [9.17, 15) is 0 Å². The summed E-state index contributed by atoms with van der Waals surface area (Å²) in [6.07, 6.45) is 8.03. The second kappa shape index (κ2) is 6.80. The topological polar surface area (TPSA) is 33.6 Å². The number of amidine groups is 1. The second-order valence-electron chi connectivity index (χ2n) is 5.71. The van der Waals surface area contributed by atoms with Crippen LogP contribution in [0.3, 0.4) is 0 Å². The third kappa shape index (κ3) is 4.16. The van der Waals surface area contributed by atoms with Crippen LogP contribution < -0.4 is 5.32 Å². The number of aliphatic imine (C=N–C) groups is 1. The Kier molecular flexibility index (Phi) is 5.37. The van der Waals surface area contributed by atoms with E-state index in [1.807, 2.05) is 11.8 Å². The molecule has 2 fully saturated rings. The normalized spacial score (nSPS) is 24.3. The van der Waals surface area contributed by atoms with Crippen molar-refractivity contribution in [1.29, 1.82) is 0 Å². The lowest BCUT2D eigenvalue weighted by molar-refractivity contribution is 0.0764. The molecule has 3 nitrogen and oxygen atoms in total. The number of hydrogen-bond acceptors (Lipinski definition) is 3. The van der Waals surface area contributed by atoms with Crippen molar-refractivity contribution in [2.45, 2.75) is 64.0 Å². The highest BCUT2D eigenvalue weighted by Crippen LogP contribution is 2.37. The fourth-order valence-electron chi connectivity index (χ4n) is 2.63. The number of nitrogens with zero attached hydrogens (tertiary/aromatic N) is 1. The summed E-state index contributed by atoms with van der Waals surface area (Å²) in [6, 6.07) is 0. The maximum Gasteiger partial charge on any atom is 0.157 e. The minimum absolute atomic E-state index is 0.352. The maximum absolute atomic E-state index is 5.52.